The highest BCUT2D eigenvalue weighted by molar-refractivity contribution is 5.92. The first-order valence-corrected chi connectivity index (χ1v) is 11.9. The van der Waals surface area contributed by atoms with Crippen LogP contribution >= 0.6 is 0 Å². The van der Waals surface area contributed by atoms with Crippen molar-refractivity contribution in [3.63, 3.8) is 0 Å². The second-order valence-corrected chi connectivity index (χ2v) is 9.07. The van der Waals surface area contributed by atoms with Gasteiger partial charge in [-0.3, -0.25) is 4.79 Å². The van der Waals surface area contributed by atoms with Crippen molar-refractivity contribution in [2.75, 3.05) is 33.4 Å². The van der Waals surface area contributed by atoms with Crippen LogP contribution in [-0.4, -0.2) is 68.4 Å². The molecule has 0 aromatic heterocycles. The Bertz CT molecular complexity index is 1060. The SMILES string of the molecule is COC(=O)C1(C2CC(NCCNC(=O)N3C(=O)OC[C@@H]3c3ccc(F)c(F)c3)CCN2)C=CC=CC1. The van der Waals surface area contributed by atoms with E-state index in [9.17, 15) is 23.2 Å². The molecule has 3 amide bonds. The fourth-order valence-electron chi connectivity index (χ4n) is 5.02. The molecule has 4 rings (SSSR count). The molecule has 194 valence electrons. The van der Waals surface area contributed by atoms with Crippen LogP contribution in [0.3, 0.4) is 0 Å². The standard InChI is InChI=1S/C25H30F2N4O5/c1-35-22(32)25(8-3-2-4-9-25)21-14-17(7-10-29-21)28-11-12-30-23(33)31-20(15-36-24(31)34)16-5-6-18(26)19(27)13-16/h2-6,8,13,17,20-21,28-29H,7,9-12,14-15H2,1H3,(H,30,33)/t17?,20-,21?,25?/m1/s1. The molecule has 1 aromatic carbocycles. The lowest BCUT2D eigenvalue weighted by molar-refractivity contribution is -0.151. The van der Waals surface area contributed by atoms with Gasteiger partial charge < -0.3 is 25.4 Å². The van der Waals surface area contributed by atoms with Crippen molar-refractivity contribution in [3.05, 3.63) is 59.7 Å². The number of piperidine rings is 1. The van der Waals surface area contributed by atoms with Gasteiger partial charge in [-0.05, 0) is 43.5 Å². The number of rotatable bonds is 7. The lowest BCUT2D eigenvalue weighted by Gasteiger charge is -2.42. The molecule has 0 spiro atoms. The molecule has 1 aromatic rings. The molecule has 36 heavy (non-hydrogen) atoms. The molecule has 2 heterocycles. The fraction of sp³-hybridized carbons (Fsp3) is 0.480. The van der Waals surface area contributed by atoms with Gasteiger partial charge in [0, 0.05) is 25.2 Å². The number of cyclic esters (lactones) is 1. The van der Waals surface area contributed by atoms with Crippen molar-refractivity contribution in [1.29, 1.82) is 0 Å². The molecule has 9 nitrogen and oxygen atoms in total. The molecule has 1 aliphatic carbocycles. The number of benzene rings is 1. The number of amides is 3. The minimum atomic E-state index is -1.06. The molecule has 2 aliphatic heterocycles. The van der Waals surface area contributed by atoms with E-state index in [1.165, 1.54) is 13.2 Å². The first kappa shape index (κ1) is 25.8. The van der Waals surface area contributed by atoms with E-state index in [4.69, 9.17) is 9.47 Å². The number of ether oxygens (including phenoxy) is 2. The van der Waals surface area contributed by atoms with Crippen molar-refractivity contribution in [1.82, 2.24) is 20.9 Å². The van der Waals surface area contributed by atoms with Crippen LogP contribution < -0.4 is 16.0 Å². The molecule has 0 bridgehead atoms. The summed E-state index contributed by atoms with van der Waals surface area (Å²) in [4.78, 5) is 38.3. The van der Waals surface area contributed by atoms with Gasteiger partial charge in [0.15, 0.2) is 11.6 Å². The second kappa shape index (κ2) is 11.2. The number of nitrogens with one attached hydrogen (secondary N) is 3. The third-order valence-electron chi connectivity index (χ3n) is 6.94. The van der Waals surface area contributed by atoms with Crippen LogP contribution in [0.2, 0.25) is 0 Å². The van der Waals surface area contributed by atoms with Crippen molar-refractivity contribution in [2.24, 2.45) is 5.41 Å². The number of urea groups is 1. The third kappa shape index (κ3) is 5.26. The average molecular weight is 505 g/mol. The molecule has 3 unspecified atom stereocenters. The van der Waals surface area contributed by atoms with Crippen LogP contribution in [0.15, 0.2) is 42.5 Å². The van der Waals surface area contributed by atoms with Crippen LogP contribution in [0, 0.1) is 17.0 Å². The quantitative estimate of drug-likeness (QED) is 0.387. The van der Waals surface area contributed by atoms with Crippen LogP contribution in [0.4, 0.5) is 18.4 Å². The zero-order chi connectivity index (χ0) is 25.7. The molecule has 0 saturated carbocycles. The topological polar surface area (TPSA) is 109 Å². The zero-order valence-electron chi connectivity index (χ0n) is 20.0. The summed E-state index contributed by atoms with van der Waals surface area (Å²) < 4.78 is 37.0. The highest BCUT2D eigenvalue weighted by Crippen LogP contribution is 2.37. The Morgan fingerprint density at radius 1 is 1.25 bits per heavy atom. The summed E-state index contributed by atoms with van der Waals surface area (Å²) in [5.74, 6) is -2.35. The largest absolute Gasteiger partial charge is 0.468 e. The molecule has 2 fully saturated rings. The van der Waals surface area contributed by atoms with Gasteiger partial charge in [-0.2, -0.15) is 0 Å². The minimum absolute atomic E-state index is 0.108. The van der Waals surface area contributed by atoms with Gasteiger partial charge in [-0.15, -0.1) is 0 Å². The Morgan fingerprint density at radius 2 is 2.08 bits per heavy atom. The molecule has 4 atom stereocenters. The Kier molecular flexibility index (Phi) is 8.00. The monoisotopic (exact) mass is 504 g/mol. The summed E-state index contributed by atoms with van der Waals surface area (Å²) in [6.07, 6.45) is 8.89. The number of allylic oxidation sites excluding steroid dienone is 3. The first-order chi connectivity index (χ1) is 17.4. The van der Waals surface area contributed by atoms with Crippen molar-refractivity contribution >= 4 is 18.1 Å². The predicted molar refractivity (Wildman–Crippen MR) is 126 cm³/mol. The number of carbonyl (C=O) groups is 3. The highest BCUT2D eigenvalue weighted by atomic mass is 19.2. The van der Waals surface area contributed by atoms with Gasteiger partial charge >= 0.3 is 18.1 Å². The van der Waals surface area contributed by atoms with Gasteiger partial charge in [0.25, 0.3) is 0 Å². The zero-order valence-corrected chi connectivity index (χ0v) is 20.0. The van der Waals surface area contributed by atoms with Gasteiger partial charge in [0.05, 0.1) is 7.11 Å². The number of hydrogen-bond donors (Lipinski definition) is 3. The lowest BCUT2D eigenvalue weighted by atomic mass is 9.71. The van der Waals surface area contributed by atoms with E-state index in [1.54, 1.807) is 0 Å². The number of halogens is 2. The smallest absolute Gasteiger partial charge is 0.418 e. The van der Waals surface area contributed by atoms with Gasteiger partial charge in [-0.25, -0.2) is 23.3 Å². The van der Waals surface area contributed by atoms with Crippen LogP contribution in [0.25, 0.3) is 0 Å². The summed E-state index contributed by atoms with van der Waals surface area (Å²) in [5.41, 5.74) is -0.497. The highest BCUT2D eigenvalue weighted by Gasteiger charge is 2.46. The van der Waals surface area contributed by atoms with E-state index in [0.717, 1.165) is 30.0 Å². The molecule has 3 aliphatic rings. The second-order valence-electron chi connectivity index (χ2n) is 9.07. The molecule has 11 heteroatoms. The average Bonchev–Trinajstić information content (AvgIpc) is 3.29. The van der Waals surface area contributed by atoms with Gasteiger partial charge in [0.2, 0.25) is 0 Å². The van der Waals surface area contributed by atoms with Crippen LogP contribution in [-0.2, 0) is 14.3 Å². The summed E-state index contributed by atoms with van der Waals surface area (Å²) in [5, 5.41) is 9.53. The van der Waals surface area contributed by atoms with E-state index >= 15 is 0 Å². The Labute approximate surface area is 207 Å². The minimum Gasteiger partial charge on any atom is -0.468 e. The molecular weight excluding hydrogens is 474 g/mol. The van der Waals surface area contributed by atoms with Crippen molar-refractivity contribution in [2.45, 2.75) is 37.4 Å². The van der Waals surface area contributed by atoms with E-state index in [0.29, 0.717) is 19.4 Å². The Hall–Kier alpha value is -3.31. The predicted octanol–water partition coefficient (Wildman–Crippen LogP) is 2.55. The molecule has 0 radical (unpaired) electrons. The number of hydrogen-bond acceptors (Lipinski definition) is 7. The maximum absolute atomic E-state index is 13.7. The summed E-state index contributed by atoms with van der Waals surface area (Å²) in [7, 11) is 1.39. The van der Waals surface area contributed by atoms with E-state index in [2.05, 4.69) is 16.0 Å². The van der Waals surface area contributed by atoms with E-state index < -0.39 is 35.2 Å². The van der Waals surface area contributed by atoms with Gasteiger partial charge in [-0.1, -0.05) is 30.4 Å². The third-order valence-corrected chi connectivity index (χ3v) is 6.94. The maximum Gasteiger partial charge on any atom is 0.418 e. The normalized spacial score (nSPS) is 27.6. The number of methoxy groups -OCH3 is 1. The van der Waals surface area contributed by atoms with Crippen LogP contribution in [0.5, 0.6) is 0 Å². The summed E-state index contributed by atoms with van der Waals surface area (Å²) in [6, 6.07) is 1.69. The maximum atomic E-state index is 13.7. The molecule has 3 N–H and O–H groups in total. The number of nitrogens with zero attached hydrogens (tertiary/aromatic N) is 1. The van der Waals surface area contributed by atoms with Crippen LogP contribution in [0.1, 0.15) is 30.9 Å². The van der Waals surface area contributed by atoms with Crippen molar-refractivity contribution < 1.29 is 32.6 Å². The summed E-state index contributed by atoms with van der Waals surface area (Å²) >= 11 is 0. The lowest BCUT2D eigenvalue weighted by Crippen LogP contribution is -2.57. The first-order valence-electron chi connectivity index (χ1n) is 11.9. The van der Waals surface area contributed by atoms with Gasteiger partial charge in [0.1, 0.15) is 18.1 Å². The van der Waals surface area contributed by atoms with Crippen molar-refractivity contribution in [3.8, 4) is 0 Å². The molecular formula is C25H30F2N4O5. The summed E-state index contributed by atoms with van der Waals surface area (Å²) in [6.45, 7) is 1.24. The Morgan fingerprint density at radius 3 is 2.81 bits per heavy atom. The number of esters is 1. The van der Waals surface area contributed by atoms with E-state index in [1.807, 2.05) is 24.3 Å². The molecule has 2 saturated heterocycles. The number of imide groups is 1. The van der Waals surface area contributed by atoms with E-state index in [-0.39, 0.29) is 36.8 Å². The number of carbonyl (C=O) groups excluding carboxylic acids is 3. The Balaban J connectivity index is 1.29. The fourth-order valence-corrected chi connectivity index (χ4v) is 5.02.